The molecule has 0 saturated carbocycles. The molecule has 2 aromatic carbocycles. The van der Waals surface area contributed by atoms with Gasteiger partial charge in [-0.25, -0.2) is 8.42 Å². The zero-order valence-corrected chi connectivity index (χ0v) is 18.1. The van der Waals surface area contributed by atoms with Crippen LogP contribution in [0.2, 0.25) is 0 Å². The van der Waals surface area contributed by atoms with Crippen molar-refractivity contribution in [3.63, 3.8) is 0 Å². The molecule has 0 aromatic heterocycles. The van der Waals surface area contributed by atoms with Crippen LogP contribution in [0, 0.1) is 0 Å². The number of carbonyl (C=O) groups excluding carboxylic acids is 1. The number of anilines is 1. The molecule has 1 amide bonds. The lowest BCUT2D eigenvalue weighted by atomic mass is 10.1. The summed E-state index contributed by atoms with van der Waals surface area (Å²) in [5, 5.41) is 2.43. The van der Waals surface area contributed by atoms with Crippen LogP contribution < -0.4 is 10.1 Å². The van der Waals surface area contributed by atoms with Crippen LogP contribution in [0.4, 0.5) is 18.9 Å². The van der Waals surface area contributed by atoms with Crippen LogP contribution in [-0.2, 0) is 20.9 Å². The molecule has 1 aliphatic rings. The zero-order valence-electron chi connectivity index (χ0n) is 17.3. The fourth-order valence-corrected chi connectivity index (χ4v) is 4.46. The summed E-state index contributed by atoms with van der Waals surface area (Å²) in [6.45, 7) is 3.19. The number of amides is 1. The van der Waals surface area contributed by atoms with Crippen molar-refractivity contribution in [2.45, 2.75) is 24.4 Å². The van der Waals surface area contributed by atoms with E-state index in [0.29, 0.717) is 19.6 Å². The highest BCUT2D eigenvalue weighted by atomic mass is 32.2. The summed E-state index contributed by atoms with van der Waals surface area (Å²) in [5.74, 6) is -0.583. The molecule has 1 fully saturated rings. The summed E-state index contributed by atoms with van der Waals surface area (Å²) < 4.78 is 76.6. The molecule has 7 nitrogen and oxygen atoms in total. The Balaban J connectivity index is 1.81. The number of benzene rings is 2. The van der Waals surface area contributed by atoms with Crippen LogP contribution in [0.15, 0.2) is 47.4 Å². The molecule has 0 radical (unpaired) electrons. The van der Waals surface area contributed by atoms with E-state index >= 15 is 0 Å². The highest BCUT2D eigenvalue weighted by Gasteiger charge is 2.31. The van der Waals surface area contributed by atoms with Gasteiger partial charge in [0.2, 0.25) is 10.0 Å². The van der Waals surface area contributed by atoms with Crippen LogP contribution in [0.3, 0.4) is 0 Å². The summed E-state index contributed by atoms with van der Waals surface area (Å²) in [5.41, 5.74) is -0.961. The molecule has 32 heavy (non-hydrogen) atoms. The molecule has 0 unspecified atom stereocenters. The minimum absolute atomic E-state index is 0.0157. The highest BCUT2D eigenvalue weighted by molar-refractivity contribution is 7.89. The van der Waals surface area contributed by atoms with Crippen molar-refractivity contribution in [2.75, 3.05) is 38.2 Å². The lowest BCUT2D eigenvalue weighted by molar-refractivity contribution is -0.137. The normalized spacial score (nSPS) is 15.4. The first-order valence-corrected chi connectivity index (χ1v) is 11.4. The van der Waals surface area contributed by atoms with Gasteiger partial charge in [0.25, 0.3) is 5.91 Å². The molecule has 1 saturated heterocycles. The Morgan fingerprint density at radius 3 is 2.38 bits per heavy atom. The van der Waals surface area contributed by atoms with Crippen LogP contribution in [0.1, 0.15) is 29.3 Å². The van der Waals surface area contributed by atoms with Crippen molar-refractivity contribution >= 4 is 21.6 Å². The maximum Gasteiger partial charge on any atom is 0.416 e. The van der Waals surface area contributed by atoms with E-state index in [0.717, 1.165) is 18.2 Å². The molecule has 174 valence electrons. The second-order valence-corrected chi connectivity index (χ2v) is 8.99. The van der Waals surface area contributed by atoms with Crippen LogP contribution in [0.5, 0.6) is 5.75 Å². The van der Waals surface area contributed by atoms with Gasteiger partial charge in [-0.3, -0.25) is 4.79 Å². The number of nitrogens with one attached hydrogen (secondary N) is 1. The van der Waals surface area contributed by atoms with Crippen molar-refractivity contribution in [1.82, 2.24) is 4.31 Å². The standard InChI is InChI=1S/C21H23F3N2O5S/c1-2-11-31-19-8-5-16(21(22,23)24)14-18(19)25-20(27)15-3-6-17(7-4-15)32(28,29)26-9-12-30-13-10-26/h3-8,14H,2,9-13H2,1H3,(H,25,27). The summed E-state index contributed by atoms with van der Waals surface area (Å²) >= 11 is 0. The molecule has 1 heterocycles. The van der Waals surface area contributed by atoms with E-state index in [1.165, 1.54) is 28.6 Å². The predicted octanol–water partition coefficient (Wildman–Crippen LogP) is 3.77. The Morgan fingerprint density at radius 1 is 1.12 bits per heavy atom. The highest BCUT2D eigenvalue weighted by Crippen LogP contribution is 2.35. The molecule has 0 spiro atoms. The predicted molar refractivity (Wildman–Crippen MR) is 111 cm³/mol. The summed E-state index contributed by atoms with van der Waals surface area (Å²) in [7, 11) is -3.73. The molecule has 11 heteroatoms. The van der Waals surface area contributed by atoms with Gasteiger partial charge < -0.3 is 14.8 Å². The molecular weight excluding hydrogens is 449 g/mol. The van der Waals surface area contributed by atoms with Crippen LogP contribution in [-0.4, -0.2) is 51.5 Å². The lowest BCUT2D eigenvalue weighted by Crippen LogP contribution is -2.40. The number of hydrogen-bond donors (Lipinski definition) is 1. The summed E-state index contributed by atoms with van der Waals surface area (Å²) in [4.78, 5) is 12.7. The number of halogens is 3. The minimum Gasteiger partial charge on any atom is -0.491 e. The average Bonchev–Trinajstić information content (AvgIpc) is 2.78. The van der Waals surface area contributed by atoms with E-state index in [1.807, 2.05) is 6.92 Å². The van der Waals surface area contributed by atoms with E-state index in [4.69, 9.17) is 9.47 Å². The van der Waals surface area contributed by atoms with Gasteiger partial charge in [0, 0.05) is 18.7 Å². The third-order valence-electron chi connectivity index (χ3n) is 4.74. The first-order chi connectivity index (χ1) is 15.1. The Hall–Kier alpha value is -2.63. The van der Waals surface area contributed by atoms with E-state index in [1.54, 1.807) is 0 Å². The van der Waals surface area contributed by atoms with Crippen molar-refractivity contribution in [1.29, 1.82) is 0 Å². The summed E-state index contributed by atoms with van der Waals surface area (Å²) in [6.07, 6.45) is -3.95. The smallest absolute Gasteiger partial charge is 0.416 e. The Kier molecular flexibility index (Phi) is 7.42. The number of nitrogens with zero attached hydrogens (tertiary/aromatic N) is 1. The number of carbonyl (C=O) groups is 1. The van der Waals surface area contributed by atoms with E-state index in [2.05, 4.69) is 5.32 Å². The Bertz CT molecular complexity index is 1050. The van der Waals surface area contributed by atoms with E-state index in [-0.39, 0.29) is 41.6 Å². The summed E-state index contributed by atoms with van der Waals surface area (Å²) in [6, 6.07) is 8.05. The Labute approximate surface area is 184 Å². The van der Waals surface area contributed by atoms with Crippen molar-refractivity contribution < 1.29 is 35.9 Å². The molecule has 1 N–H and O–H groups in total. The van der Waals surface area contributed by atoms with Gasteiger partial charge in [-0.05, 0) is 48.9 Å². The molecule has 0 aliphatic carbocycles. The van der Waals surface area contributed by atoms with Gasteiger partial charge in [0.1, 0.15) is 5.75 Å². The molecule has 1 aliphatic heterocycles. The third-order valence-corrected chi connectivity index (χ3v) is 6.65. The van der Waals surface area contributed by atoms with E-state index in [9.17, 15) is 26.4 Å². The third kappa shape index (κ3) is 5.59. The number of morpholine rings is 1. The van der Waals surface area contributed by atoms with Crippen molar-refractivity contribution in [2.24, 2.45) is 0 Å². The monoisotopic (exact) mass is 472 g/mol. The zero-order chi connectivity index (χ0) is 23.4. The van der Waals surface area contributed by atoms with Gasteiger partial charge in [-0.1, -0.05) is 6.92 Å². The molecular formula is C21H23F3N2O5S. The number of alkyl halides is 3. The number of hydrogen-bond acceptors (Lipinski definition) is 5. The van der Waals surface area contributed by atoms with Crippen LogP contribution in [0.25, 0.3) is 0 Å². The first-order valence-electron chi connectivity index (χ1n) is 9.96. The minimum atomic E-state index is -4.59. The fourth-order valence-electron chi connectivity index (χ4n) is 3.05. The fraction of sp³-hybridized carbons (Fsp3) is 0.381. The quantitative estimate of drug-likeness (QED) is 0.663. The van der Waals surface area contributed by atoms with Crippen molar-refractivity contribution in [3.05, 3.63) is 53.6 Å². The average molecular weight is 472 g/mol. The SMILES string of the molecule is CCCOc1ccc(C(F)(F)F)cc1NC(=O)c1ccc(S(=O)(=O)N2CCOCC2)cc1. The van der Waals surface area contributed by atoms with Gasteiger partial charge >= 0.3 is 6.18 Å². The molecule has 0 atom stereocenters. The molecule has 3 rings (SSSR count). The van der Waals surface area contributed by atoms with Gasteiger partial charge in [-0.2, -0.15) is 17.5 Å². The first kappa shape index (κ1) is 24.0. The molecule has 2 aromatic rings. The maximum absolute atomic E-state index is 13.1. The molecule has 0 bridgehead atoms. The maximum atomic E-state index is 13.1. The topological polar surface area (TPSA) is 84.9 Å². The number of ether oxygens (including phenoxy) is 2. The second-order valence-electron chi connectivity index (χ2n) is 7.05. The van der Waals surface area contributed by atoms with Crippen LogP contribution >= 0.6 is 0 Å². The number of sulfonamides is 1. The van der Waals surface area contributed by atoms with Crippen molar-refractivity contribution in [3.8, 4) is 5.75 Å². The largest absolute Gasteiger partial charge is 0.491 e. The second kappa shape index (κ2) is 9.88. The Morgan fingerprint density at radius 2 is 1.78 bits per heavy atom. The van der Waals surface area contributed by atoms with Gasteiger partial charge in [0.05, 0.1) is 36.0 Å². The van der Waals surface area contributed by atoms with E-state index < -0.39 is 27.7 Å². The number of rotatable bonds is 7. The van der Waals surface area contributed by atoms with Gasteiger partial charge in [-0.15, -0.1) is 0 Å². The lowest BCUT2D eigenvalue weighted by Gasteiger charge is -2.26. The van der Waals surface area contributed by atoms with Gasteiger partial charge in [0.15, 0.2) is 0 Å².